The van der Waals surface area contributed by atoms with Crippen molar-refractivity contribution < 1.29 is 20.1 Å². The Labute approximate surface area is 193 Å². The predicted octanol–water partition coefficient (Wildman–Crippen LogP) is 5.75. The molecule has 0 N–H and O–H groups in total. The smallest absolute Gasteiger partial charge is 0.0620 e. The fourth-order valence-corrected chi connectivity index (χ4v) is 3.65. The summed E-state index contributed by atoms with van der Waals surface area (Å²) in [6, 6.07) is 25.9. The molecule has 0 atom stereocenters. The average Bonchev–Trinajstić information content (AvgIpc) is 3.35. The fourth-order valence-electron chi connectivity index (χ4n) is 3.65. The van der Waals surface area contributed by atoms with Crippen LogP contribution in [-0.2, 0) is 20.1 Å². The summed E-state index contributed by atoms with van der Waals surface area (Å²) in [4.78, 5) is 16.7. The van der Waals surface area contributed by atoms with E-state index in [2.05, 4.69) is 69.3 Å². The summed E-state index contributed by atoms with van der Waals surface area (Å²) in [5.41, 5.74) is 3.05. The van der Waals surface area contributed by atoms with Crippen LogP contribution in [-0.4, -0.2) is 15.0 Å². The molecule has 0 saturated heterocycles. The summed E-state index contributed by atoms with van der Waals surface area (Å²) < 4.78 is 0. The molecule has 3 aromatic heterocycles. The molecule has 0 fully saturated rings. The maximum absolute atomic E-state index is 4.63. The van der Waals surface area contributed by atoms with Crippen molar-refractivity contribution in [2.24, 2.45) is 0 Å². The average molecular weight is 579 g/mol. The predicted molar refractivity (Wildman–Crippen MR) is 121 cm³/mol. The monoisotopic (exact) mass is 579 g/mol. The van der Waals surface area contributed by atoms with Gasteiger partial charge in [0.25, 0.3) is 0 Å². The van der Waals surface area contributed by atoms with Gasteiger partial charge in [-0.05, 0) is 46.7 Å². The number of rotatable bonds is 1. The van der Waals surface area contributed by atoms with Crippen LogP contribution in [0.2, 0.25) is 0 Å². The molecule has 6 aromatic rings. The summed E-state index contributed by atoms with van der Waals surface area (Å²) in [5, 5.41) is 6.08. The van der Waals surface area contributed by atoms with Crippen molar-refractivity contribution >= 4 is 32.4 Å². The second-order valence-corrected chi connectivity index (χ2v) is 7.01. The topological polar surface area (TPSA) is 52.8 Å². The molecule has 153 valence electrons. The number of hydrogen-bond acceptors (Lipinski definition) is 3. The molecule has 3 aromatic carbocycles. The maximum atomic E-state index is 4.63. The van der Waals surface area contributed by atoms with Gasteiger partial charge in [0, 0.05) is 32.5 Å². The van der Waals surface area contributed by atoms with Gasteiger partial charge in [-0.25, -0.2) is 0 Å². The van der Waals surface area contributed by atoms with E-state index in [0.29, 0.717) is 5.82 Å². The number of pyridine rings is 2. The van der Waals surface area contributed by atoms with Crippen molar-refractivity contribution in [1.29, 1.82) is 0 Å². The molecule has 6 rings (SSSR count). The number of fused-ring (bicyclic) bond motifs is 6. The first-order chi connectivity index (χ1) is 14.8. The fraction of sp³-hybridized carbons (Fsp3) is 0.0385. The van der Waals surface area contributed by atoms with E-state index in [9.17, 15) is 0 Å². The van der Waals surface area contributed by atoms with Gasteiger partial charge < -0.3 is 15.0 Å². The van der Waals surface area contributed by atoms with Gasteiger partial charge in [0.2, 0.25) is 0 Å². The van der Waals surface area contributed by atoms with E-state index in [1.165, 1.54) is 27.1 Å². The van der Waals surface area contributed by atoms with Gasteiger partial charge in [0.15, 0.2) is 0 Å². The third-order valence-electron chi connectivity index (χ3n) is 4.98. The van der Waals surface area contributed by atoms with Crippen LogP contribution in [0.5, 0.6) is 0 Å². The minimum Gasteiger partial charge on any atom is -0.441 e. The van der Waals surface area contributed by atoms with Crippen molar-refractivity contribution in [2.45, 2.75) is 6.92 Å². The minimum absolute atomic E-state index is 0. The molecular weight excluding hydrogens is 561 g/mol. The van der Waals surface area contributed by atoms with Crippen molar-refractivity contribution in [3.63, 3.8) is 0 Å². The van der Waals surface area contributed by atoms with Gasteiger partial charge >= 0.3 is 0 Å². The Bertz CT molecular complexity index is 1410. The van der Waals surface area contributed by atoms with Crippen molar-refractivity contribution in [3.05, 3.63) is 103 Å². The van der Waals surface area contributed by atoms with E-state index >= 15 is 0 Å². The van der Waals surface area contributed by atoms with Crippen molar-refractivity contribution in [2.75, 3.05) is 0 Å². The molecule has 0 amide bonds. The van der Waals surface area contributed by atoms with Crippen molar-refractivity contribution in [1.82, 2.24) is 19.9 Å². The van der Waals surface area contributed by atoms with E-state index in [1.54, 1.807) is 18.6 Å². The second-order valence-electron chi connectivity index (χ2n) is 7.01. The Morgan fingerprint density at radius 3 is 2.29 bits per heavy atom. The molecule has 31 heavy (non-hydrogen) atoms. The molecule has 1 radical (unpaired) electrons. The first kappa shape index (κ1) is 20.9. The van der Waals surface area contributed by atoms with Crippen LogP contribution in [0, 0.1) is 13.0 Å². The van der Waals surface area contributed by atoms with Gasteiger partial charge in [-0.15, -0.1) is 29.7 Å². The minimum atomic E-state index is 0. The quantitative estimate of drug-likeness (QED) is 0.184. The Hall–Kier alpha value is -3.40. The van der Waals surface area contributed by atoms with Gasteiger partial charge in [-0.3, -0.25) is 4.98 Å². The largest absolute Gasteiger partial charge is 0.441 e. The summed E-state index contributed by atoms with van der Waals surface area (Å²) in [6.07, 6.45) is 6.97. The van der Waals surface area contributed by atoms with Crippen LogP contribution in [0.3, 0.4) is 0 Å². The van der Waals surface area contributed by atoms with Crippen LogP contribution >= 0.6 is 0 Å². The molecule has 0 aliphatic carbocycles. The zero-order valence-electron chi connectivity index (χ0n) is 16.8. The number of nitrogens with zero attached hydrogens (tertiary/aromatic N) is 4. The molecule has 5 heteroatoms. The third kappa shape index (κ3) is 4.11. The zero-order chi connectivity index (χ0) is 20.3. The number of aryl methyl sites for hydroxylation is 1. The van der Waals surface area contributed by atoms with E-state index in [-0.39, 0.29) is 20.1 Å². The van der Waals surface area contributed by atoms with E-state index in [1.807, 2.05) is 36.5 Å². The third-order valence-corrected chi connectivity index (χ3v) is 4.98. The van der Waals surface area contributed by atoms with Crippen LogP contribution < -0.4 is 4.98 Å². The van der Waals surface area contributed by atoms with Crippen molar-refractivity contribution in [3.8, 4) is 11.5 Å². The van der Waals surface area contributed by atoms with E-state index in [4.69, 9.17) is 0 Å². The van der Waals surface area contributed by atoms with E-state index in [0.717, 1.165) is 16.6 Å². The molecule has 0 aliphatic heterocycles. The normalized spacial score (nSPS) is 10.5. The standard InChI is InChI=1S/C18H12N.C8H6N3.Ir/c1-12-10-17-15-8-3-2-6-13(15)14-7-4-5-9-16(14)18(17)19-11-12;1-2-4-9-7(3-1)8-10-5-6-11-8;/h2-8,10-11H,1H3;1-6H;/q2*-1;. The molecule has 0 spiro atoms. The van der Waals surface area contributed by atoms with Gasteiger partial charge in [-0.2, -0.15) is 0 Å². The van der Waals surface area contributed by atoms with Gasteiger partial charge in [0.1, 0.15) is 0 Å². The number of hydrogen-bond donors (Lipinski definition) is 0. The summed E-state index contributed by atoms with van der Waals surface area (Å²) in [7, 11) is 0. The molecule has 0 bridgehead atoms. The molecule has 3 heterocycles. The number of imidazole rings is 1. The Kier molecular flexibility index (Phi) is 6.17. The summed E-state index contributed by atoms with van der Waals surface area (Å²) >= 11 is 0. The maximum Gasteiger partial charge on any atom is 0.0620 e. The Balaban J connectivity index is 0.000000165. The molecule has 0 saturated carbocycles. The summed E-state index contributed by atoms with van der Waals surface area (Å²) in [6.45, 7) is 2.08. The first-order valence-electron chi connectivity index (χ1n) is 9.74. The van der Waals surface area contributed by atoms with Gasteiger partial charge in [-0.1, -0.05) is 59.6 Å². The summed E-state index contributed by atoms with van der Waals surface area (Å²) in [5.74, 6) is 0.686. The Morgan fingerprint density at radius 2 is 1.55 bits per heavy atom. The van der Waals surface area contributed by atoms with Gasteiger partial charge in [0.05, 0.1) is 5.69 Å². The van der Waals surface area contributed by atoms with Crippen LogP contribution in [0.15, 0.2) is 91.5 Å². The molecule has 4 nitrogen and oxygen atoms in total. The molecule has 0 aliphatic rings. The van der Waals surface area contributed by atoms with Crippen LogP contribution in [0.1, 0.15) is 5.56 Å². The number of benzene rings is 3. The van der Waals surface area contributed by atoms with E-state index < -0.39 is 0 Å². The first-order valence-corrected chi connectivity index (χ1v) is 9.74. The number of aromatic nitrogens is 4. The molecular formula is C26H18IrN4-2. The molecule has 0 unspecified atom stereocenters. The second kappa shape index (κ2) is 9.17. The zero-order valence-corrected chi connectivity index (χ0v) is 19.2. The SMILES string of the molecule is Cc1cnc2c3[c-]cccc3c3ccccc3c2c1.[Ir].c1ccc(-c2ncc[n-]2)nc1. The Morgan fingerprint density at radius 1 is 0.774 bits per heavy atom. The van der Waals surface area contributed by atoms with Crippen LogP contribution in [0.25, 0.3) is 44.0 Å². The van der Waals surface area contributed by atoms with Crippen LogP contribution in [0.4, 0.5) is 0 Å².